The van der Waals surface area contributed by atoms with Gasteiger partial charge in [-0.3, -0.25) is 10.1 Å². The van der Waals surface area contributed by atoms with Crippen LogP contribution in [0.25, 0.3) is 0 Å². The van der Waals surface area contributed by atoms with Crippen molar-refractivity contribution in [2.75, 3.05) is 17.7 Å². The van der Waals surface area contributed by atoms with Gasteiger partial charge >= 0.3 is 12.1 Å². The molecule has 0 aromatic heterocycles. The number of esters is 1. The summed E-state index contributed by atoms with van der Waals surface area (Å²) in [5, 5.41) is 21.8. The Labute approximate surface area is 188 Å². The van der Waals surface area contributed by atoms with Gasteiger partial charge in [0.15, 0.2) is 0 Å². The summed E-state index contributed by atoms with van der Waals surface area (Å²) in [5.41, 5.74) is 1.36. The van der Waals surface area contributed by atoms with Crippen LogP contribution in [0.5, 0.6) is 5.75 Å². The first-order valence-corrected chi connectivity index (χ1v) is 10.5. The van der Waals surface area contributed by atoms with Crippen LogP contribution in [-0.4, -0.2) is 29.5 Å². The van der Waals surface area contributed by atoms with Crippen molar-refractivity contribution in [3.8, 4) is 11.8 Å². The molecule has 158 valence electrons. The highest BCUT2D eigenvalue weighted by molar-refractivity contribution is 9.10. The average molecular weight is 493 g/mol. The molecule has 0 aliphatic carbocycles. The Morgan fingerprint density at radius 1 is 1.27 bits per heavy atom. The fourth-order valence-corrected chi connectivity index (χ4v) is 3.16. The molecule has 2 aromatic carbocycles. The van der Waals surface area contributed by atoms with E-state index >= 15 is 0 Å². The zero-order valence-corrected chi connectivity index (χ0v) is 18.7. The average Bonchev–Trinajstić information content (AvgIpc) is 2.74. The quantitative estimate of drug-likeness (QED) is 0.360. The minimum atomic E-state index is -0.796. The lowest BCUT2D eigenvalue weighted by atomic mass is 9.94. The van der Waals surface area contributed by atoms with Gasteiger partial charge in [-0.05, 0) is 48.9 Å². The molecule has 2 rings (SSSR count). The maximum absolute atomic E-state index is 12.5. The number of rotatable bonds is 8. The second-order valence-electron chi connectivity index (χ2n) is 6.49. The Morgan fingerprint density at radius 3 is 2.60 bits per heavy atom. The third-order valence-electron chi connectivity index (χ3n) is 4.27. The number of nitrogens with zero attached hydrogens (tertiary/aromatic N) is 1. The number of phenols is 1. The normalized spacial score (nSPS) is 12.3. The van der Waals surface area contributed by atoms with E-state index in [1.54, 1.807) is 36.4 Å². The van der Waals surface area contributed by atoms with E-state index in [-0.39, 0.29) is 24.0 Å². The lowest BCUT2D eigenvalue weighted by Crippen LogP contribution is -2.23. The van der Waals surface area contributed by atoms with Crippen molar-refractivity contribution in [3.05, 3.63) is 58.1 Å². The lowest BCUT2D eigenvalue weighted by Gasteiger charge is -2.25. The van der Waals surface area contributed by atoms with Gasteiger partial charge in [-0.15, -0.1) is 0 Å². The maximum Gasteiger partial charge on any atom is 0.412 e. The van der Waals surface area contributed by atoms with Gasteiger partial charge in [0.1, 0.15) is 11.9 Å². The van der Waals surface area contributed by atoms with E-state index in [2.05, 4.69) is 33.9 Å². The summed E-state index contributed by atoms with van der Waals surface area (Å²) in [6, 6.07) is 13.2. The number of ether oxygens (including phenoxy) is 2. The molecule has 7 nitrogen and oxygen atoms in total. The van der Waals surface area contributed by atoms with Gasteiger partial charge in [-0.25, -0.2) is 4.79 Å². The number of halogens is 1. The topological polar surface area (TPSA) is 109 Å². The minimum Gasteiger partial charge on any atom is -0.508 e. The molecule has 0 spiro atoms. The lowest BCUT2D eigenvalue weighted by molar-refractivity contribution is -0.141. The van der Waals surface area contributed by atoms with Crippen molar-refractivity contribution in [2.45, 2.75) is 19.4 Å². The molecule has 0 aliphatic heterocycles. The number of anilines is 1. The largest absolute Gasteiger partial charge is 0.508 e. The second-order valence-corrected chi connectivity index (χ2v) is 7.72. The monoisotopic (exact) mass is 492 g/mol. The SMILES string of the molecule is C[C@H](CCOC(=O)CS)[C@H](OC(=O)Nc1ccc(C#N)cc1)c1cc(Br)ccc1O. The number of aromatic hydroxyl groups is 1. The first-order valence-electron chi connectivity index (χ1n) is 9.06. The maximum atomic E-state index is 12.5. The number of amides is 1. The predicted molar refractivity (Wildman–Crippen MR) is 118 cm³/mol. The number of hydrogen-bond acceptors (Lipinski definition) is 7. The van der Waals surface area contributed by atoms with E-state index in [1.165, 1.54) is 6.07 Å². The molecule has 0 saturated heterocycles. The van der Waals surface area contributed by atoms with Crippen molar-refractivity contribution in [3.63, 3.8) is 0 Å². The third-order valence-corrected chi connectivity index (χ3v) is 5.02. The zero-order valence-electron chi connectivity index (χ0n) is 16.2. The Bertz CT molecular complexity index is 930. The Morgan fingerprint density at radius 2 is 1.97 bits per heavy atom. The van der Waals surface area contributed by atoms with E-state index in [0.717, 1.165) is 0 Å². The van der Waals surface area contributed by atoms with Crippen molar-refractivity contribution >= 4 is 46.3 Å². The molecular formula is C21H21BrN2O5S. The summed E-state index contributed by atoms with van der Waals surface area (Å²) in [6.45, 7) is 1.96. The summed E-state index contributed by atoms with van der Waals surface area (Å²) >= 11 is 7.22. The van der Waals surface area contributed by atoms with Crippen LogP contribution in [0.4, 0.5) is 10.5 Å². The predicted octanol–water partition coefficient (Wildman–Crippen LogP) is 4.82. The molecule has 0 aliphatic rings. The zero-order chi connectivity index (χ0) is 22.1. The van der Waals surface area contributed by atoms with Gasteiger partial charge in [0, 0.05) is 21.6 Å². The molecule has 2 atom stereocenters. The fourth-order valence-electron chi connectivity index (χ4n) is 2.69. The van der Waals surface area contributed by atoms with E-state index < -0.39 is 18.2 Å². The summed E-state index contributed by atoms with van der Waals surface area (Å²) in [7, 11) is 0. The van der Waals surface area contributed by atoms with Gasteiger partial charge in [0.05, 0.1) is 24.0 Å². The minimum absolute atomic E-state index is 0.0198. The van der Waals surface area contributed by atoms with Gasteiger partial charge in [0.25, 0.3) is 0 Å². The number of carbonyl (C=O) groups is 2. The molecule has 0 saturated carbocycles. The van der Waals surface area contributed by atoms with Crippen molar-refractivity contribution in [2.24, 2.45) is 5.92 Å². The molecule has 0 fully saturated rings. The number of benzene rings is 2. The van der Waals surface area contributed by atoms with Gasteiger partial charge in [-0.1, -0.05) is 22.9 Å². The van der Waals surface area contributed by atoms with Crippen LogP contribution in [0, 0.1) is 17.2 Å². The number of thiol groups is 1. The summed E-state index contributed by atoms with van der Waals surface area (Å²) in [5.74, 6) is -0.752. The van der Waals surface area contributed by atoms with Gasteiger partial charge in [0.2, 0.25) is 0 Å². The highest BCUT2D eigenvalue weighted by Gasteiger charge is 2.27. The number of carbonyl (C=O) groups excluding carboxylic acids is 2. The Balaban J connectivity index is 2.15. The molecule has 9 heteroatoms. The molecule has 30 heavy (non-hydrogen) atoms. The third kappa shape index (κ3) is 6.97. The molecule has 1 amide bonds. The van der Waals surface area contributed by atoms with Crippen LogP contribution < -0.4 is 5.32 Å². The molecule has 0 bridgehead atoms. The van der Waals surface area contributed by atoms with Crippen LogP contribution in [0.1, 0.15) is 30.6 Å². The number of phenolic OH excluding ortho intramolecular Hbond substituents is 1. The second kappa shape index (κ2) is 11.5. The Kier molecular flexibility index (Phi) is 9.02. The van der Waals surface area contributed by atoms with Crippen LogP contribution in [0.15, 0.2) is 46.9 Å². The molecular weight excluding hydrogens is 472 g/mol. The van der Waals surface area contributed by atoms with Crippen molar-refractivity contribution in [1.29, 1.82) is 5.26 Å². The highest BCUT2D eigenvalue weighted by atomic mass is 79.9. The summed E-state index contributed by atoms with van der Waals surface area (Å²) in [6.07, 6.45) is -1.11. The van der Waals surface area contributed by atoms with Crippen molar-refractivity contribution in [1.82, 2.24) is 0 Å². The summed E-state index contributed by atoms with van der Waals surface area (Å²) in [4.78, 5) is 23.8. The van der Waals surface area contributed by atoms with Gasteiger partial charge in [-0.2, -0.15) is 17.9 Å². The smallest absolute Gasteiger partial charge is 0.412 e. The van der Waals surface area contributed by atoms with Crippen LogP contribution in [0.3, 0.4) is 0 Å². The van der Waals surface area contributed by atoms with Crippen LogP contribution in [-0.2, 0) is 14.3 Å². The Hall–Kier alpha value is -2.70. The number of nitriles is 1. The first-order chi connectivity index (χ1) is 14.3. The van der Waals surface area contributed by atoms with E-state index in [1.807, 2.05) is 13.0 Å². The van der Waals surface area contributed by atoms with Crippen LogP contribution >= 0.6 is 28.6 Å². The van der Waals surface area contributed by atoms with Crippen LogP contribution in [0.2, 0.25) is 0 Å². The molecule has 0 unspecified atom stereocenters. The highest BCUT2D eigenvalue weighted by Crippen LogP contribution is 2.36. The van der Waals surface area contributed by atoms with Gasteiger partial charge < -0.3 is 14.6 Å². The molecule has 2 N–H and O–H groups in total. The first kappa shape index (κ1) is 23.6. The summed E-state index contributed by atoms with van der Waals surface area (Å²) < 4.78 is 11.4. The molecule has 0 heterocycles. The molecule has 0 radical (unpaired) electrons. The van der Waals surface area contributed by atoms with E-state index in [9.17, 15) is 14.7 Å². The number of hydrogen-bond donors (Lipinski definition) is 3. The molecule has 2 aromatic rings. The standard InChI is InChI=1S/C21H21BrN2O5S/c1-13(8-9-28-19(26)12-30)20(17-10-15(22)4-7-18(17)25)29-21(27)24-16-5-2-14(11-23)3-6-16/h2-7,10,13,20,25,30H,8-9,12H2,1H3,(H,24,27)/t13-,20+/m1/s1. The van der Waals surface area contributed by atoms with E-state index in [0.29, 0.717) is 27.7 Å². The van der Waals surface area contributed by atoms with Crippen molar-refractivity contribution < 1.29 is 24.2 Å². The van der Waals surface area contributed by atoms with E-state index in [4.69, 9.17) is 14.7 Å². The fraction of sp³-hybridized carbons (Fsp3) is 0.286. The number of nitrogens with one attached hydrogen (secondary N) is 1.